The van der Waals surface area contributed by atoms with E-state index >= 15 is 0 Å². The highest BCUT2D eigenvalue weighted by atomic mass is 32.2. The molecule has 2 heterocycles. The van der Waals surface area contributed by atoms with Crippen molar-refractivity contribution in [2.45, 2.75) is 24.8 Å². The van der Waals surface area contributed by atoms with Gasteiger partial charge in [0.2, 0.25) is 5.91 Å². The lowest BCUT2D eigenvalue weighted by Crippen LogP contribution is -2.51. The van der Waals surface area contributed by atoms with Crippen LogP contribution in [0.5, 0.6) is 0 Å². The summed E-state index contributed by atoms with van der Waals surface area (Å²) >= 11 is 0. The highest BCUT2D eigenvalue weighted by Crippen LogP contribution is 2.38. The van der Waals surface area contributed by atoms with E-state index < -0.39 is 10.0 Å². The van der Waals surface area contributed by atoms with Crippen molar-refractivity contribution in [3.8, 4) is 0 Å². The van der Waals surface area contributed by atoms with Crippen LogP contribution < -0.4 is 9.21 Å². The zero-order valence-corrected chi connectivity index (χ0v) is 13.7. The number of hydrogen-bond acceptors (Lipinski definition) is 4. The molecule has 1 aromatic heterocycles. The minimum absolute atomic E-state index is 0.108. The summed E-state index contributed by atoms with van der Waals surface area (Å²) in [5, 5.41) is 0. The first kappa shape index (κ1) is 15.5. The minimum Gasteiger partial charge on any atom is -0.306 e. The monoisotopic (exact) mass is 331 g/mol. The third-order valence-electron chi connectivity index (χ3n) is 3.84. The molecule has 0 saturated carbocycles. The van der Waals surface area contributed by atoms with Gasteiger partial charge >= 0.3 is 0 Å². The van der Waals surface area contributed by atoms with Gasteiger partial charge in [0, 0.05) is 19.3 Å². The fourth-order valence-electron chi connectivity index (χ4n) is 2.87. The van der Waals surface area contributed by atoms with Gasteiger partial charge in [-0.05, 0) is 31.2 Å². The molecule has 120 valence electrons. The van der Waals surface area contributed by atoms with Gasteiger partial charge in [0.25, 0.3) is 10.0 Å². The molecule has 0 radical (unpaired) electrons. The Bertz CT molecular complexity index is 837. The molecule has 1 amide bonds. The third-order valence-corrected chi connectivity index (χ3v) is 5.61. The van der Waals surface area contributed by atoms with Gasteiger partial charge < -0.3 is 4.90 Å². The Morgan fingerprint density at radius 3 is 2.48 bits per heavy atom. The molecule has 0 spiro atoms. The maximum atomic E-state index is 13.0. The Morgan fingerprint density at radius 1 is 1.17 bits per heavy atom. The van der Waals surface area contributed by atoms with Crippen LogP contribution in [0.25, 0.3) is 0 Å². The predicted octanol–water partition coefficient (Wildman–Crippen LogP) is 2.03. The molecule has 0 fully saturated rings. The number of carbonyl (C=O) groups is 1. The fraction of sp³-hybridized carbons (Fsp3) is 0.250. The molecule has 1 unspecified atom stereocenters. The molecule has 0 aliphatic carbocycles. The van der Waals surface area contributed by atoms with E-state index in [1.807, 2.05) is 6.92 Å². The molecule has 3 rings (SSSR count). The lowest BCUT2D eigenvalue weighted by Gasteiger charge is -2.40. The van der Waals surface area contributed by atoms with Crippen LogP contribution >= 0.6 is 0 Å². The van der Waals surface area contributed by atoms with Crippen LogP contribution in [0.1, 0.15) is 13.8 Å². The van der Waals surface area contributed by atoms with E-state index in [-0.39, 0.29) is 23.4 Å². The van der Waals surface area contributed by atoms with Gasteiger partial charge in [-0.15, -0.1) is 0 Å². The topological polar surface area (TPSA) is 70.6 Å². The Hall–Kier alpha value is -2.41. The van der Waals surface area contributed by atoms with Crippen molar-refractivity contribution in [2.24, 2.45) is 0 Å². The lowest BCUT2D eigenvalue weighted by atomic mass is 10.1. The molecule has 0 N–H and O–H groups in total. The molecule has 23 heavy (non-hydrogen) atoms. The van der Waals surface area contributed by atoms with Crippen molar-refractivity contribution in [1.82, 2.24) is 4.98 Å². The number of pyridine rings is 1. The van der Waals surface area contributed by atoms with Gasteiger partial charge in [-0.1, -0.05) is 12.1 Å². The summed E-state index contributed by atoms with van der Waals surface area (Å²) in [7, 11) is -3.72. The second-order valence-electron chi connectivity index (χ2n) is 5.45. The van der Waals surface area contributed by atoms with Gasteiger partial charge in [-0.25, -0.2) is 8.42 Å². The first-order chi connectivity index (χ1) is 10.9. The van der Waals surface area contributed by atoms with E-state index in [1.54, 1.807) is 35.2 Å². The molecule has 1 aliphatic rings. The molecule has 0 bridgehead atoms. The number of carbonyl (C=O) groups excluding carboxylic acids is 1. The summed E-state index contributed by atoms with van der Waals surface area (Å²) in [6, 6.07) is 9.89. The van der Waals surface area contributed by atoms with Crippen LogP contribution in [0.2, 0.25) is 0 Å². The number of benzene rings is 1. The summed E-state index contributed by atoms with van der Waals surface area (Å²) < 4.78 is 27.3. The van der Waals surface area contributed by atoms with Crippen LogP contribution in [0.15, 0.2) is 53.7 Å². The van der Waals surface area contributed by atoms with E-state index in [0.29, 0.717) is 11.4 Å². The number of anilines is 2. The SMILES string of the molecule is CC(=O)N1c2ccccc2N(S(=O)(=O)c2cccnc2)CC1C. The number of hydrogen-bond donors (Lipinski definition) is 0. The van der Waals surface area contributed by atoms with E-state index in [4.69, 9.17) is 0 Å². The number of fused-ring (bicyclic) bond motifs is 1. The molecule has 1 aromatic carbocycles. The summed E-state index contributed by atoms with van der Waals surface area (Å²) in [6.45, 7) is 3.52. The summed E-state index contributed by atoms with van der Waals surface area (Å²) in [4.78, 5) is 17.6. The van der Waals surface area contributed by atoms with Crippen LogP contribution in [-0.2, 0) is 14.8 Å². The van der Waals surface area contributed by atoms with Crippen LogP contribution in [0, 0.1) is 0 Å². The largest absolute Gasteiger partial charge is 0.306 e. The maximum Gasteiger partial charge on any atom is 0.265 e. The van der Waals surface area contributed by atoms with Crippen LogP contribution in [0.4, 0.5) is 11.4 Å². The van der Waals surface area contributed by atoms with E-state index in [9.17, 15) is 13.2 Å². The van der Waals surface area contributed by atoms with Crippen molar-refractivity contribution >= 4 is 27.3 Å². The second-order valence-corrected chi connectivity index (χ2v) is 7.31. The zero-order valence-electron chi connectivity index (χ0n) is 12.9. The molecular formula is C16H17N3O3S. The summed E-state index contributed by atoms with van der Waals surface area (Å²) in [6.07, 6.45) is 2.86. The van der Waals surface area contributed by atoms with Crippen molar-refractivity contribution in [3.63, 3.8) is 0 Å². The molecular weight excluding hydrogens is 314 g/mol. The quantitative estimate of drug-likeness (QED) is 0.844. The third kappa shape index (κ3) is 2.57. The normalized spacial score (nSPS) is 17.7. The Kier molecular flexibility index (Phi) is 3.81. The zero-order chi connectivity index (χ0) is 16.6. The van der Waals surface area contributed by atoms with Gasteiger partial charge in [0.05, 0.1) is 24.0 Å². The molecule has 6 nitrogen and oxygen atoms in total. The molecule has 7 heteroatoms. The Morgan fingerprint density at radius 2 is 1.87 bits per heavy atom. The smallest absolute Gasteiger partial charge is 0.265 e. The Labute approximate surface area is 135 Å². The van der Waals surface area contributed by atoms with E-state index in [1.165, 1.54) is 29.7 Å². The van der Waals surface area contributed by atoms with Gasteiger partial charge in [-0.2, -0.15) is 0 Å². The van der Waals surface area contributed by atoms with Gasteiger partial charge in [-0.3, -0.25) is 14.1 Å². The first-order valence-electron chi connectivity index (χ1n) is 7.24. The number of amides is 1. The first-order valence-corrected chi connectivity index (χ1v) is 8.68. The molecule has 2 aromatic rings. The average molecular weight is 331 g/mol. The fourth-order valence-corrected chi connectivity index (χ4v) is 4.40. The predicted molar refractivity (Wildman–Crippen MR) is 87.8 cm³/mol. The van der Waals surface area contributed by atoms with Crippen molar-refractivity contribution in [1.29, 1.82) is 0 Å². The van der Waals surface area contributed by atoms with E-state index in [2.05, 4.69) is 4.98 Å². The van der Waals surface area contributed by atoms with Gasteiger partial charge in [0.1, 0.15) is 4.90 Å². The number of sulfonamides is 1. The van der Waals surface area contributed by atoms with Gasteiger partial charge in [0.15, 0.2) is 0 Å². The van der Waals surface area contributed by atoms with Crippen molar-refractivity contribution in [2.75, 3.05) is 15.7 Å². The number of para-hydroxylation sites is 2. The molecule has 1 atom stereocenters. The average Bonchev–Trinajstić information content (AvgIpc) is 2.54. The number of nitrogens with zero attached hydrogens (tertiary/aromatic N) is 3. The molecule has 1 aliphatic heterocycles. The summed E-state index contributed by atoms with van der Waals surface area (Å²) in [5.41, 5.74) is 1.11. The minimum atomic E-state index is -3.72. The van der Waals surface area contributed by atoms with Crippen molar-refractivity contribution in [3.05, 3.63) is 48.8 Å². The van der Waals surface area contributed by atoms with E-state index in [0.717, 1.165) is 0 Å². The second kappa shape index (κ2) is 5.66. The summed E-state index contributed by atoms with van der Waals surface area (Å²) in [5.74, 6) is -0.108. The van der Waals surface area contributed by atoms with Crippen molar-refractivity contribution < 1.29 is 13.2 Å². The highest BCUT2D eigenvalue weighted by molar-refractivity contribution is 7.92. The van der Waals surface area contributed by atoms with Crippen LogP contribution in [-0.4, -0.2) is 31.9 Å². The Balaban J connectivity index is 2.15. The highest BCUT2D eigenvalue weighted by Gasteiger charge is 2.36. The number of aromatic nitrogens is 1. The maximum absolute atomic E-state index is 13.0. The lowest BCUT2D eigenvalue weighted by molar-refractivity contribution is -0.117. The number of rotatable bonds is 2. The standard InChI is InChI=1S/C16H17N3O3S/c1-12-11-18(23(21,22)14-6-5-9-17-10-14)15-7-3-4-8-16(15)19(12)13(2)20/h3-10,12H,11H2,1-2H3. The van der Waals surface area contributed by atoms with Crippen LogP contribution in [0.3, 0.4) is 0 Å². The molecule has 0 saturated heterocycles.